The summed E-state index contributed by atoms with van der Waals surface area (Å²) in [5.41, 5.74) is 0.655. The van der Waals surface area contributed by atoms with E-state index in [1.165, 1.54) is 18.7 Å². The lowest BCUT2D eigenvalue weighted by atomic mass is 10.1. The minimum absolute atomic E-state index is 0.00713. The molecular weight excluding hydrogens is 196 g/mol. The molecule has 0 saturated carbocycles. The number of allylic oxidation sites excluding steroid dienone is 1. The van der Waals surface area contributed by atoms with Crippen molar-refractivity contribution in [1.82, 2.24) is 9.97 Å². The summed E-state index contributed by atoms with van der Waals surface area (Å²) in [5.74, 6) is -1.22. The van der Waals surface area contributed by atoms with Crippen molar-refractivity contribution in [2.24, 2.45) is 0 Å². The SMILES string of the molecule is CC/C(O)=C(\Cc1cncnc1)C(=O)O. The number of carbonyl (C=O) groups is 1. The van der Waals surface area contributed by atoms with Crippen LogP contribution in [0.5, 0.6) is 0 Å². The molecule has 5 nitrogen and oxygen atoms in total. The summed E-state index contributed by atoms with van der Waals surface area (Å²) in [6, 6.07) is 0. The van der Waals surface area contributed by atoms with Gasteiger partial charge in [0.2, 0.25) is 0 Å². The molecule has 0 saturated heterocycles. The third kappa shape index (κ3) is 3.05. The van der Waals surface area contributed by atoms with E-state index in [1.807, 2.05) is 0 Å². The summed E-state index contributed by atoms with van der Waals surface area (Å²) in [4.78, 5) is 18.4. The van der Waals surface area contributed by atoms with E-state index in [9.17, 15) is 9.90 Å². The molecule has 0 amide bonds. The lowest BCUT2D eigenvalue weighted by molar-refractivity contribution is -0.133. The number of carboxylic acids is 1. The molecule has 1 aromatic rings. The van der Waals surface area contributed by atoms with E-state index in [4.69, 9.17) is 5.11 Å². The van der Waals surface area contributed by atoms with Crippen molar-refractivity contribution in [3.63, 3.8) is 0 Å². The Hall–Kier alpha value is -1.91. The Morgan fingerprint density at radius 3 is 2.40 bits per heavy atom. The Bertz CT molecular complexity index is 374. The number of carboxylic acid groups (broad SMARTS) is 1. The molecule has 15 heavy (non-hydrogen) atoms. The van der Waals surface area contributed by atoms with Crippen molar-refractivity contribution in [2.45, 2.75) is 19.8 Å². The van der Waals surface area contributed by atoms with Crippen LogP contribution in [-0.2, 0) is 11.2 Å². The van der Waals surface area contributed by atoms with Crippen LogP contribution < -0.4 is 0 Å². The van der Waals surface area contributed by atoms with Gasteiger partial charge in [-0.25, -0.2) is 14.8 Å². The molecule has 1 aromatic heterocycles. The molecule has 0 aliphatic heterocycles. The van der Waals surface area contributed by atoms with E-state index >= 15 is 0 Å². The van der Waals surface area contributed by atoms with Crippen molar-refractivity contribution in [3.05, 3.63) is 35.6 Å². The summed E-state index contributed by atoms with van der Waals surface area (Å²) in [6.45, 7) is 1.69. The van der Waals surface area contributed by atoms with Crippen LogP contribution in [-0.4, -0.2) is 26.2 Å². The zero-order valence-electron chi connectivity index (χ0n) is 8.34. The van der Waals surface area contributed by atoms with Gasteiger partial charge < -0.3 is 10.2 Å². The highest BCUT2D eigenvalue weighted by Crippen LogP contribution is 2.12. The minimum Gasteiger partial charge on any atom is -0.512 e. The third-order valence-corrected chi connectivity index (χ3v) is 1.94. The molecule has 0 aliphatic rings. The van der Waals surface area contributed by atoms with Gasteiger partial charge in [-0.05, 0) is 5.56 Å². The molecule has 2 N–H and O–H groups in total. The summed E-state index contributed by atoms with van der Waals surface area (Å²) in [7, 11) is 0. The van der Waals surface area contributed by atoms with Crippen molar-refractivity contribution >= 4 is 5.97 Å². The van der Waals surface area contributed by atoms with Crippen molar-refractivity contribution in [1.29, 1.82) is 0 Å². The van der Waals surface area contributed by atoms with Crippen molar-refractivity contribution in [3.8, 4) is 0 Å². The molecule has 0 unspecified atom stereocenters. The standard InChI is InChI=1S/C10H12N2O3/c1-2-9(13)8(10(14)15)3-7-4-11-6-12-5-7/h4-6,13H,2-3H2,1H3,(H,14,15)/b9-8-. The Morgan fingerprint density at radius 1 is 1.33 bits per heavy atom. The van der Waals surface area contributed by atoms with Crippen LogP contribution in [0.25, 0.3) is 0 Å². The minimum atomic E-state index is -1.11. The Morgan fingerprint density at radius 2 is 1.93 bits per heavy atom. The molecule has 1 rings (SSSR count). The van der Waals surface area contributed by atoms with Crippen LogP contribution in [0.15, 0.2) is 30.1 Å². The predicted molar refractivity (Wildman–Crippen MR) is 53.3 cm³/mol. The summed E-state index contributed by atoms with van der Waals surface area (Å²) >= 11 is 0. The van der Waals surface area contributed by atoms with E-state index in [-0.39, 0.29) is 17.8 Å². The fourth-order valence-electron chi connectivity index (χ4n) is 1.14. The van der Waals surface area contributed by atoms with Crippen LogP contribution in [0.3, 0.4) is 0 Å². The first-order chi connectivity index (χ1) is 7.15. The van der Waals surface area contributed by atoms with Crippen LogP contribution in [0.4, 0.5) is 0 Å². The van der Waals surface area contributed by atoms with E-state index in [1.54, 1.807) is 6.92 Å². The fraction of sp³-hybridized carbons (Fsp3) is 0.300. The van der Waals surface area contributed by atoms with E-state index < -0.39 is 5.97 Å². The van der Waals surface area contributed by atoms with Gasteiger partial charge in [0, 0.05) is 25.2 Å². The van der Waals surface area contributed by atoms with Gasteiger partial charge in [-0.3, -0.25) is 0 Å². The van der Waals surface area contributed by atoms with E-state index in [0.717, 1.165) is 0 Å². The number of aliphatic carboxylic acids is 1. The monoisotopic (exact) mass is 208 g/mol. The van der Waals surface area contributed by atoms with E-state index in [2.05, 4.69) is 9.97 Å². The highest BCUT2D eigenvalue weighted by molar-refractivity contribution is 5.87. The van der Waals surface area contributed by atoms with E-state index in [0.29, 0.717) is 12.0 Å². The fourth-order valence-corrected chi connectivity index (χ4v) is 1.14. The summed E-state index contributed by atoms with van der Waals surface area (Å²) < 4.78 is 0. The Labute approximate surface area is 87.1 Å². The van der Waals surface area contributed by atoms with Crippen LogP contribution in [0.1, 0.15) is 18.9 Å². The lowest BCUT2D eigenvalue weighted by Gasteiger charge is -2.04. The maximum Gasteiger partial charge on any atom is 0.335 e. The quantitative estimate of drug-likeness (QED) is 0.576. The third-order valence-electron chi connectivity index (χ3n) is 1.94. The summed E-state index contributed by atoms with van der Waals surface area (Å²) in [6.07, 6.45) is 4.86. The Kier molecular flexibility index (Phi) is 3.79. The number of hydrogen-bond acceptors (Lipinski definition) is 4. The molecule has 80 valence electrons. The highest BCUT2D eigenvalue weighted by Gasteiger charge is 2.13. The van der Waals surface area contributed by atoms with Gasteiger partial charge in [-0.2, -0.15) is 0 Å². The number of aromatic nitrogens is 2. The molecule has 0 radical (unpaired) electrons. The first-order valence-electron chi connectivity index (χ1n) is 4.53. The van der Waals surface area contributed by atoms with Gasteiger partial charge in [0.1, 0.15) is 12.1 Å². The maximum atomic E-state index is 10.8. The maximum absolute atomic E-state index is 10.8. The zero-order chi connectivity index (χ0) is 11.3. The molecule has 0 fully saturated rings. The predicted octanol–water partition coefficient (Wildman–Crippen LogP) is 1.33. The van der Waals surface area contributed by atoms with Crippen LogP contribution in [0.2, 0.25) is 0 Å². The number of aliphatic hydroxyl groups excluding tert-OH is 1. The number of aliphatic hydroxyl groups is 1. The Balaban J connectivity index is 2.91. The van der Waals surface area contributed by atoms with Gasteiger partial charge in [0.25, 0.3) is 0 Å². The number of hydrogen-bond donors (Lipinski definition) is 2. The van der Waals surface area contributed by atoms with Crippen LogP contribution >= 0.6 is 0 Å². The molecule has 0 aromatic carbocycles. The molecule has 0 atom stereocenters. The molecule has 5 heteroatoms. The second-order valence-electron chi connectivity index (χ2n) is 3.01. The van der Waals surface area contributed by atoms with Gasteiger partial charge in [0.05, 0.1) is 5.57 Å². The van der Waals surface area contributed by atoms with Gasteiger partial charge in [-0.15, -0.1) is 0 Å². The zero-order valence-corrected chi connectivity index (χ0v) is 8.34. The number of nitrogens with zero attached hydrogens (tertiary/aromatic N) is 2. The average molecular weight is 208 g/mol. The number of rotatable bonds is 4. The first kappa shape index (κ1) is 11.2. The average Bonchev–Trinajstić information content (AvgIpc) is 2.26. The van der Waals surface area contributed by atoms with Crippen molar-refractivity contribution in [2.75, 3.05) is 0 Å². The van der Waals surface area contributed by atoms with Gasteiger partial charge >= 0.3 is 5.97 Å². The van der Waals surface area contributed by atoms with Crippen molar-refractivity contribution < 1.29 is 15.0 Å². The first-order valence-corrected chi connectivity index (χ1v) is 4.53. The summed E-state index contributed by atoms with van der Waals surface area (Å²) in [5, 5.41) is 18.3. The molecule has 0 aliphatic carbocycles. The smallest absolute Gasteiger partial charge is 0.335 e. The topological polar surface area (TPSA) is 83.3 Å². The second kappa shape index (κ2) is 5.09. The van der Waals surface area contributed by atoms with Gasteiger partial charge in [-0.1, -0.05) is 6.92 Å². The van der Waals surface area contributed by atoms with Gasteiger partial charge in [0.15, 0.2) is 0 Å². The molecular formula is C10H12N2O3. The molecule has 0 spiro atoms. The lowest BCUT2D eigenvalue weighted by Crippen LogP contribution is -2.08. The second-order valence-corrected chi connectivity index (χ2v) is 3.01. The highest BCUT2D eigenvalue weighted by atomic mass is 16.4. The normalized spacial score (nSPS) is 12.1. The molecule has 1 heterocycles. The van der Waals surface area contributed by atoms with Crippen LogP contribution in [0, 0.1) is 0 Å². The largest absolute Gasteiger partial charge is 0.512 e. The molecule has 0 bridgehead atoms.